The van der Waals surface area contributed by atoms with E-state index in [1.807, 2.05) is 0 Å². The van der Waals surface area contributed by atoms with E-state index in [9.17, 15) is 19.5 Å². The van der Waals surface area contributed by atoms with E-state index in [1.54, 1.807) is 49.6 Å². The number of hydrogen-bond donors (Lipinski definition) is 1. The molecule has 0 saturated heterocycles. The fourth-order valence-corrected chi connectivity index (χ4v) is 2.77. The maximum atomic E-state index is 12.3. The highest BCUT2D eigenvalue weighted by atomic mass is 16.5. The van der Waals surface area contributed by atoms with Gasteiger partial charge in [0, 0.05) is 12.3 Å². The second-order valence-corrected chi connectivity index (χ2v) is 5.71. The summed E-state index contributed by atoms with van der Waals surface area (Å²) in [6, 6.07) is 13.6. The van der Waals surface area contributed by atoms with Gasteiger partial charge in [-0.25, -0.2) is 4.79 Å². The number of aromatic carboxylic acids is 1. The molecule has 0 spiro atoms. The van der Waals surface area contributed by atoms with Gasteiger partial charge in [0.1, 0.15) is 18.0 Å². The molecule has 1 atom stereocenters. The van der Waals surface area contributed by atoms with Crippen LogP contribution in [0.1, 0.15) is 40.2 Å². The molecule has 0 amide bonds. The lowest BCUT2D eigenvalue weighted by molar-refractivity contribution is -0.143. The van der Waals surface area contributed by atoms with Gasteiger partial charge in [-0.2, -0.15) is 0 Å². The largest absolute Gasteiger partial charge is 0.497 e. The number of carbonyl (C=O) groups excluding carboxylic acids is 2. The third-order valence-electron chi connectivity index (χ3n) is 4.09. The van der Waals surface area contributed by atoms with Gasteiger partial charge in [0.2, 0.25) is 0 Å². The first-order valence-electron chi connectivity index (χ1n) is 8.01. The van der Waals surface area contributed by atoms with Crippen molar-refractivity contribution in [1.29, 1.82) is 0 Å². The molecule has 136 valence electrons. The van der Waals surface area contributed by atoms with Crippen LogP contribution >= 0.6 is 0 Å². The Morgan fingerprint density at radius 3 is 2.23 bits per heavy atom. The predicted molar refractivity (Wildman–Crippen MR) is 94.5 cm³/mol. The smallest absolute Gasteiger partial charge is 0.335 e. The van der Waals surface area contributed by atoms with Crippen molar-refractivity contribution in [2.75, 3.05) is 14.2 Å². The van der Waals surface area contributed by atoms with E-state index in [2.05, 4.69) is 4.74 Å². The van der Waals surface area contributed by atoms with Crippen LogP contribution in [0, 0.1) is 0 Å². The average Bonchev–Trinajstić information content (AvgIpc) is 2.66. The summed E-state index contributed by atoms with van der Waals surface area (Å²) in [5.74, 6) is -1.85. The first-order chi connectivity index (χ1) is 12.5. The third kappa shape index (κ3) is 4.69. The Morgan fingerprint density at radius 2 is 1.65 bits per heavy atom. The van der Waals surface area contributed by atoms with Gasteiger partial charge in [0.25, 0.3) is 0 Å². The summed E-state index contributed by atoms with van der Waals surface area (Å²) in [5, 5.41) is 9.48. The van der Waals surface area contributed by atoms with E-state index in [-0.39, 0.29) is 24.2 Å². The van der Waals surface area contributed by atoms with Crippen LogP contribution in [0.25, 0.3) is 0 Å². The van der Waals surface area contributed by atoms with Crippen molar-refractivity contribution >= 4 is 17.7 Å². The third-order valence-corrected chi connectivity index (χ3v) is 4.09. The number of Topliss-reactive ketones (excluding diaryl/α,β-unsaturated/α-hetero) is 1. The Labute approximate surface area is 151 Å². The van der Waals surface area contributed by atoms with Crippen LogP contribution in [-0.2, 0) is 14.3 Å². The average molecular weight is 356 g/mol. The summed E-state index contributed by atoms with van der Waals surface area (Å²) in [7, 11) is 2.77. The number of methoxy groups -OCH3 is 2. The number of rotatable bonds is 8. The fraction of sp³-hybridized carbons (Fsp3) is 0.250. The molecular weight excluding hydrogens is 336 g/mol. The molecule has 0 radical (unpaired) electrons. The summed E-state index contributed by atoms with van der Waals surface area (Å²) >= 11 is 0. The zero-order chi connectivity index (χ0) is 19.1. The van der Waals surface area contributed by atoms with E-state index in [1.165, 1.54) is 13.2 Å². The number of carbonyl (C=O) groups is 3. The molecule has 0 bridgehead atoms. The number of ether oxygens (including phenoxy) is 2. The van der Waals surface area contributed by atoms with Crippen molar-refractivity contribution in [2.24, 2.45) is 0 Å². The van der Waals surface area contributed by atoms with Crippen LogP contribution in [-0.4, -0.2) is 37.0 Å². The second-order valence-electron chi connectivity index (χ2n) is 5.71. The van der Waals surface area contributed by atoms with Crippen LogP contribution in [0.15, 0.2) is 48.5 Å². The monoisotopic (exact) mass is 356 g/mol. The van der Waals surface area contributed by atoms with Gasteiger partial charge in [-0.3, -0.25) is 9.59 Å². The fourth-order valence-electron chi connectivity index (χ4n) is 2.77. The molecule has 0 aliphatic rings. The minimum atomic E-state index is -1.07. The van der Waals surface area contributed by atoms with Crippen molar-refractivity contribution < 1.29 is 29.0 Å². The number of ketones is 1. The van der Waals surface area contributed by atoms with Gasteiger partial charge < -0.3 is 14.6 Å². The van der Waals surface area contributed by atoms with Gasteiger partial charge in [-0.05, 0) is 29.3 Å². The lowest BCUT2D eigenvalue weighted by Crippen LogP contribution is -2.16. The number of carboxylic acids is 1. The molecule has 0 saturated carbocycles. The van der Waals surface area contributed by atoms with Crippen LogP contribution < -0.4 is 4.74 Å². The van der Waals surface area contributed by atoms with Crippen molar-refractivity contribution in [3.8, 4) is 5.75 Å². The molecule has 0 aliphatic carbocycles. The maximum Gasteiger partial charge on any atom is 0.335 e. The molecule has 1 N–H and O–H groups in total. The molecule has 26 heavy (non-hydrogen) atoms. The van der Waals surface area contributed by atoms with E-state index in [0.717, 1.165) is 5.56 Å². The molecule has 2 aromatic carbocycles. The van der Waals surface area contributed by atoms with Crippen molar-refractivity contribution in [2.45, 2.75) is 18.8 Å². The molecule has 0 aromatic heterocycles. The minimum absolute atomic E-state index is 0.00821. The van der Waals surface area contributed by atoms with Crippen LogP contribution in [0.5, 0.6) is 5.75 Å². The summed E-state index contributed by atoms with van der Waals surface area (Å²) < 4.78 is 9.68. The summed E-state index contributed by atoms with van der Waals surface area (Å²) in [4.78, 5) is 35.3. The summed E-state index contributed by atoms with van der Waals surface area (Å²) in [6.45, 7) is 0. The lowest BCUT2D eigenvalue weighted by atomic mass is 9.84. The molecule has 0 aliphatic heterocycles. The highest BCUT2D eigenvalue weighted by Crippen LogP contribution is 2.32. The van der Waals surface area contributed by atoms with Crippen LogP contribution in [0.2, 0.25) is 0 Å². The van der Waals surface area contributed by atoms with Gasteiger partial charge >= 0.3 is 11.9 Å². The van der Waals surface area contributed by atoms with Gasteiger partial charge in [-0.1, -0.05) is 30.3 Å². The Hall–Kier alpha value is -3.15. The summed E-state index contributed by atoms with van der Waals surface area (Å²) in [5.41, 5.74) is 1.40. The zero-order valence-corrected chi connectivity index (χ0v) is 14.6. The highest BCUT2D eigenvalue weighted by Gasteiger charge is 2.24. The topological polar surface area (TPSA) is 89.9 Å². The van der Waals surface area contributed by atoms with E-state index in [0.29, 0.717) is 11.3 Å². The highest BCUT2D eigenvalue weighted by molar-refractivity contribution is 5.96. The molecule has 6 heteroatoms. The molecule has 6 nitrogen and oxygen atoms in total. The van der Waals surface area contributed by atoms with Crippen molar-refractivity contribution in [1.82, 2.24) is 0 Å². The number of esters is 1. The Kier molecular flexibility index (Phi) is 6.49. The van der Waals surface area contributed by atoms with Crippen molar-refractivity contribution in [3.05, 3.63) is 65.2 Å². The molecule has 1 unspecified atom stereocenters. The molecule has 2 rings (SSSR count). The molecular formula is C20H20O6. The first kappa shape index (κ1) is 19.2. The molecule has 0 fully saturated rings. The van der Waals surface area contributed by atoms with E-state index >= 15 is 0 Å². The normalized spacial score (nSPS) is 11.5. The lowest BCUT2D eigenvalue weighted by Gasteiger charge is -2.19. The van der Waals surface area contributed by atoms with Gasteiger partial charge in [0.15, 0.2) is 0 Å². The first-order valence-corrected chi connectivity index (χ1v) is 8.01. The Balaban J connectivity index is 2.43. The maximum absolute atomic E-state index is 12.3. The summed E-state index contributed by atoms with van der Waals surface area (Å²) in [6.07, 6.45) is -0.357. The quantitative estimate of drug-likeness (QED) is 0.577. The number of carboxylic acid groups (broad SMARTS) is 1. The number of hydrogen-bond acceptors (Lipinski definition) is 5. The van der Waals surface area contributed by atoms with Gasteiger partial charge in [0.05, 0.1) is 19.8 Å². The van der Waals surface area contributed by atoms with Gasteiger partial charge in [-0.15, -0.1) is 0 Å². The Morgan fingerprint density at radius 1 is 1.00 bits per heavy atom. The van der Waals surface area contributed by atoms with Crippen molar-refractivity contribution in [3.63, 3.8) is 0 Å². The van der Waals surface area contributed by atoms with Crippen LogP contribution in [0.3, 0.4) is 0 Å². The van der Waals surface area contributed by atoms with Crippen LogP contribution in [0.4, 0.5) is 0 Å². The minimum Gasteiger partial charge on any atom is -0.497 e. The zero-order valence-electron chi connectivity index (χ0n) is 14.6. The Bertz CT molecular complexity index is 794. The number of benzene rings is 2. The SMILES string of the molecule is COC(=O)CC(=O)CC(c1ccc(OC)cc1)c1ccccc1C(=O)O. The molecule has 2 aromatic rings. The predicted octanol–water partition coefficient (Wildman–Crippen LogP) is 3.05. The van der Waals surface area contributed by atoms with E-state index < -0.39 is 17.9 Å². The standard InChI is InChI=1S/C20H20O6/c1-25-15-9-7-13(8-10-15)18(11-14(21)12-19(22)26-2)16-5-3-4-6-17(16)20(23)24/h3-10,18H,11-12H2,1-2H3,(H,23,24). The molecule has 0 heterocycles. The van der Waals surface area contributed by atoms with E-state index in [4.69, 9.17) is 4.74 Å². The second kappa shape index (κ2) is 8.80.